The highest BCUT2D eigenvalue weighted by Gasteiger charge is 2.52. The number of carbonyl (C=O) groups excluding carboxylic acids is 2. The van der Waals surface area contributed by atoms with Gasteiger partial charge in [-0.15, -0.1) is 0 Å². The number of hydrogen-bond acceptors (Lipinski definition) is 6. The Morgan fingerprint density at radius 3 is 2.22 bits per heavy atom. The average Bonchev–Trinajstić information content (AvgIpc) is 2.97. The van der Waals surface area contributed by atoms with E-state index in [9.17, 15) is 9.59 Å². The molecule has 0 fully saturated rings. The molecule has 0 radical (unpaired) electrons. The number of methoxy groups -OCH3 is 3. The molecule has 0 N–H and O–H groups in total. The van der Waals surface area contributed by atoms with Gasteiger partial charge in [-0.05, 0) is 41.5 Å². The fraction of sp³-hybridized carbons (Fsp3) is 0.353. The van der Waals surface area contributed by atoms with Crippen LogP contribution in [0, 0.1) is 5.41 Å². The van der Waals surface area contributed by atoms with Gasteiger partial charge in [0.05, 0.1) is 21.3 Å². The Balaban J connectivity index is 2.14. The molecule has 1 aliphatic carbocycles. The van der Waals surface area contributed by atoms with Crippen LogP contribution in [0.4, 0.5) is 0 Å². The molecule has 1 aliphatic rings. The van der Waals surface area contributed by atoms with E-state index in [1.165, 1.54) is 14.2 Å². The molecule has 0 atom stereocenters. The maximum atomic E-state index is 12.3. The minimum absolute atomic E-state index is 0.246. The molecule has 0 aliphatic heterocycles. The van der Waals surface area contributed by atoms with Crippen LogP contribution >= 0.6 is 0 Å². The summed E-state index contributed by atoms with van der Waals surface area (Å²) in [5, 5.41) is 1.79. The lowest BCUT2D eigenvalue weighted by Gasteiger charge is -2.22. The van der Waals surface area contributed by atoms with Crippen molar-refractivity contribution in [1.29, 1.82) is 0 Å². The van der Waals surface area contributed by atoms with Gasteiger partial charge in [0, 0.05) is 11.6 Å². The normalized spacial score (nSPS) is 15.1. The number of benzene rings is 1. The van der Waals surface area contributed by atoms with E-state index in [1.807, 2.05) is 18.2 Å². The SMILES string of the molecule is COC(=O)C1(C(=O)OC)Cc2cc3ccnc(OC)c3cc2C1. The van der Waals surface area contributed by atoms with Crippen LogP contribution in [0.2, 0.25) is 0 Å². The van der Waals surface area contributed by atoms with E-state index >= 15 is 0 Å². The van der Waals surface area contributed by atoms with Crippen molar-refractivity contribution in [3.8, 4) is 5.88 Å². The van der Waals surface area contributed by atoms with E-state index in [2.05, 4.69) is 4.98 Å². The first-order valence-electron chi connectivity index (χ1n) is 7.17. The highest BCUT2D eigenvalue weighted by Crippen LogP contribution is 2.41. The van der Waals surface area contributed by atoms with Crippen molar-refractivity contribution in [3.05, 3.63) is 35.5 Å². The quantitative estimate of drug-likeness (QED) is 0.633. The van der Waals surface area contributed by atoms with Crippen molar-refractivity contribution in [3.63, 3.8) is 0 Å². The first-order chi connectivity index (χ1) is 11.1. The number of carbonyl (C=O) groups is 2. The minimum atomic E-state index is -1.32. The van der Waals surface area contributed by atoms with E-state index in [4.69, 9.17) is 14.2 Å². The molecule has 0 unspecified atom stereocenters. The third-order valence-corrected chi connectivity index (χ3v) is 4.38. The average molecular weight is 315 g/mol. The highest BCUT2D eigenvalue weighted by molar-refractivity contribution is 6.02. The summed E-state index contributed by atoms with van der Waals surface area (Å²) in [4.78, 5) is 28.7. The molecule has 1 aromatic carbocycles. The van der Waals surface area contributed by atoms with Gasteiger partial charge in [-0.25, -0.2) is 4.98 Å². The molecule has 6 nitrogen and oxygen atoms in total. The number of rotatable bonds is 3. The molecule has 1 aromatic heterocycles. The van der Waals surface area contributed by atoms with Crippen molar-refractivity contribution in [2.45, 2.75) is 12.8 Å². The molecule has 3 rings (SSSR count). The van der Waals surface area contributed by atoms with Crippen molar-refractivity contribution >= 4 is 22.7 Å². The summed E-state index contributed by atoms with van der Waals surface area (Å²) >= 11 is 0. The van der Waals surface area contributed by atoms with Gasteiger partial charge in [-0.1, -0.05) is 6.07 Å². The van der Waals surface area contributed by atoms with Crippen LogP contribution in [-0.2, 0) is 31.9 Å². The Morgan fingerprint density at radius 2 is 1.65 bits per heavy atom. The molecule has 120 valence electrons. The molecule has 0 bridgehead atoms. The zero-order valence-corrected chi connectivity index (χ0v) is 13.2. The molecule has 23 heavy (non-hydrogen) atoms. The zero-order valence-electron chi connectivity index (χ0n) is 13.2. The van der Waals surface area contributed by atoms with Gasteiger partial charge in [-0.3, -0.25) is 9.59 Å². The lowest BCUT2D eigenvalue weighted by atomic mass is 9.85. The Labute approximate surface area is 133 Å². The van der Waals surface area contributed by atoms with Gasteiger partial charge in [-0.2, -0.15) is 0 Å². The topological polar surface area (TPSA) is 74.7 Å². The Hall–Kier alpha value is -2.63. The lowest BCUT2D eigenvalue weighted by molar-refractivity contribution is -0.168. The van der Waals surface area contributed by atoms with Crippen molar-refractivity contribution in [2.24, 2.45) is 5.41 Å². The van der Waals surface area contributed by atoms with Crippen LogP contribution < -0.4 is 4.74 Å². The van der Waals surface area contributed by atoms with Gasteiger partial charge >= 0.3 is 11.9 Å². The number of nitrogens with zero attached hydrogens (tertiary/aromatic N) is 1. The monoisotopic (exact) mass is 315 g/mol. The summed E-state index contributed by atoms with van der Waals surface area (Å²) in [7, 11) is 4.11. The summed E-state index contributed by atoms with van der Waals surface area (Å²) in [5.41, 5.74) is 0.519. The maximum Gasteiger partial charge on any atom is 0.323 e. The van der Waals surface area contributed by atoms with E-state index in [1.54, 1.807) is 13.3 Å². The zero-order chi connectivity index (χ0) is 16.6. The first-order valence-corrected chi connectivity index (χ1v) is 7.17. The third kappa shape index (κ3) is 2.21. The number of aromatic nitrogens is 1. The predicted octanol–water partition coefficient (Wildman–Crippen LogP) is 1.67. The van der Waals surface area contributed by atoms with Gasteiger partial charge in [0.25, 0.3) is 0 Å². The van der Waals surface area contributed by atoms with E-state index in [0.29, 0.717) is 5.88 Å². The summed E-state index contributed by atoms with van der Waals surface area (Å²) in [6.07, 6.45) is 2.17. The molecule has 2 aromatic rings. The van der Waals surface area contributed by atoms with Gasteiger partial charge < -0.3 is 14.2 Å². The van der Waals surface area contributed by atoms with Crippen LogP contribution in [0.25, 0.3) is 10.8 Å². The second-order valence-corrected chi connectivity index (χ2v) is 5.58. The molecule has 6 heteroatoms. The Kier molecular flexibility index (Phi) is 3.67. The molecule has 1 heterocycles. The van der Waals surface area contributed by atoms with Crippen molar-refractivity contribution in [1.82, 2.24) is 4.98 Å². The third-order valence-electron chi connectivity index (χ3n) is 4.38. The van der Waals surface area contributed by atoms with E-state index in [0.717, 1.165) is 21.9 Å². The van der Waals surface area contributed by atoms with Gasteiger partial charge in [0.2, 0.25) is 5.88 Å². The largest absolute Gasteiger partial charge is 0.481 e. The molecule has 0 spiro atoms. The molecule has 0 amide bonds. The van der Waals surface area contributed by atoms with Gasteiger partial charge in [0.1, 0.15) is 0 Å². The lowest BCUT2D eigenvalue weighted by Crippen LogP contribution is -2.42. The van der Waals surface area contributed by atoms with E-state index in [-0.39, 0.29) is 12.8 Å². The molecule has 0 saturated carbocycles. The molecule has 0 saturated heterocycles. The van der Waals surface area contributed by atoms with Crippen LogP contribution in [-0.4, -0.2) is 38.3 Å². The highest BCUT2D eigenvalue weighted by atomic mass is 16.5. The fourth-order valence-electron chi connectivity index (χ4n) is 3.25. The number of fused-ring (bicyclic) bond motifs is 2. The standard InChI is InChI=1S/C17H17NO5/c1-21-14-13-7-12-9-17(15(19)22-2,16(20)23-3)8-11(12)6-10(13)4-5-18-14/h4-7H,8-9H2,1-3H3. The maximum absolute atomic E-state index is 12.3. The molecular weight excluding hydrogens is 298 g/mol. The van der Waals surface area contributed by atoms with Gasteiger partial charge in [0.15, 0.2) is 5.41 Å². The Bertz CT molecular complexity index is 783. The van der Waals surface area contributed by atoms with Crippen LogP contribution in [0.15, 0.2) is 24.4 Å². The predicted molar refractivity (Wildman–Crippen MR) is 82.2 cm³/mol. The first kappa shape index (κ1) is 15.3. The fourth-order valence-corrected chi connectivity index (χ4v) is 3.25. The van der Waals surface area contributed by atoms with Crippen LogP contribution in [0.1, 0.15) is 11.1 Å². The number of hydrogen-bond donors (Lipinski definition) is 0. The van der Waals surface area contributed by atoms with Crippen molar-refractivity contribution in [2.75, 3.05) is 21.3 Å². The second kappa shape index (κ2) is 5.53. The van der Waals surface area contributed by atoms with E-state index < -0.39 is 17.4 Å². The summed E-state index contributed by atoms with van der Waals surface area (Å²) in [5.74, 6) is -0.636. The summed E-state index contributed by atoms with van der Waals surface area (Å²) in [6, 6.07) is 5.75. The summed E-state index contributed by atoms with van der Waals surface area (Å²) < 4.78 is 15.0. The second-order valence-electron chi connectivity index (χ2n) is 5.58. The number of esters is 2. The smallest absolute Gasteiger partial charge is 0.323 e. The minimum Gasteiger partial charge on any atom is -0.481 e. The van der Waals surface area contributed by atoms with Crippen LogP contribution in [0.5, 0.6) is 5.88 Å². The number of pyridine rings is 1. The number of ether oxygens (including phenoxy) is 3. The van der Waals surface area contributed by atoms with Crippen LogP contribution in [0.3, 0.4) is 0 Å². The molecular formula is C17H17NO5. The summed E-state index contributed by atoms with van der Waals surface area (Å²) in [6.45, 7) is 0. The Morgan fingerprint density at radius 1 is 1.04 bits per heavy atom. The van der Waals surface area contributed by atoms with Crippen molar-refractivity contribution < 1.29 is 23.8 Å².